The summed E-state index contributed by atoms with van der Waals surface area (Å²) >= 11 is 0. The zero-order chi connectivity index (χ0) is 15.0. The highest BCUT2D eigenvalue weighted by Crippen LogP contribution is 2.50. The molecule has 0 amide bonds. The van der Waals surface area contributed by atoms with Crippen molar-refractivity contribution in [2.24, 2.45) is 0 Å². The van der Waals surface area contributed by atoms with E-state index in [0.29, 0.717) is 11.8 Å². The van der Waals surface area contributed by atoms with Crippen molar-refractivity contribution in [3.63, 3.8) is 0 Å². The topological polar surface area (TPSA) is 21.7 Å². The van der Waals surface area contributed by atoms with Gasteiger partial charge in [-0.05, 0) is 50.6 Å². The summed E-state index contributed by atoms with van der Waals surface area (Å²) in [6.45, 7) is 1.08. The third kappa shape index (κ3) is 2.20. The Morgan fingerprint density at radius 2 is 2.00 bits per heavy atom. The molecule has 0 unspecified atom stereocenters. The van der Waals surface area contributed by atoms with Gasteiger partial charge in [0.2, 0.25) is 0 Å². The summed E-state index contributed by atoms with van der Waals surface area (Å²) < 4.78 is 24.9. The Balaban J connectivity index is 2.08. The number of halogens is 1. The standard InChI is InChI=1S/C17H24FNO2/c1-19-9-8-17(7-5-4-6-15(17)19)12-10-13(18)16(21-3)14(11-12)20-2/h10-11,15H,4-9H2,1-3H3/t15-,17-/m0/s1. The maximum atomic E-state index is 14.4. The molecule has 0 N–H and O–H groups in total. The van der Waals surface area contributed by atoms with E-state index in [2.05, 4.69) is 11.9 Å². The monoisotopic (exact) mass is 293 g/mol. The molecule has 1 aromatic carbocycles. The van der Waals surface area contributed by atoms with E-state index in [9.17, 15) is 4.39 Å². The molecule has 1 aromatic rings. The number of hydrogen-bond donors (Lipinski definition) is 0. The highest BCUT2D eigenvalue weighted by Gasteiger charge is 2.48. The van der Waals surface area contributed by atoms with Gasteiger partial charge < -0.3 is 14.4 Å². The Labute approximate surface area is 126 Å². The number of hydrogen-bond acceptors (Lipinski definition) is 3. The Bertz CT molecular complexity index is 530. The van der Waals surface area contributed by atoms with Crippen molar-refractivity contribution in [3.8, 4) is 11.5 Å². The Morgan fingerprint density at radius 1 is 1.19 bits per heavy atom. The fraction of sp³-hybridized carbons (Fsp3) is 0.647. The predicted molar refractivity (Wildman–Crippen MR) is 80.7 cm³/mol. The molecule has 0 radical (unpaired) electrons. The second-order valence-corrected chi connectivity index (χ2v) is 6.34. The lowest BCUT2D eigenvalue weighted by Gasteiger charge is -2.42. The SMILES string of the molecule is COc1cc([C@@]23CCCC[C@@H]2N(C)CC3)cc(F)c1OC. The maximum absolute atomic E-state index is 14.4. The van der Waals surface area contributed by atoms with Gasteiger partial charge in [-0.2, -0.15) is 0 Å². The van der Waals surface area contributed by atoms with Crippen molar-refractivity contribution in [2.45, 2.75) is 43.6 Å². The second kappa shape index (κ2) is 5.48. The molecule has 3 rings (SSSR count). The zero-order valence-electron chi connectivity index (χ0n) is 13.1. The summed E-state index contributed by atoms with van der Waals surface area (Å²) in [5.74, 6) is 0.386. The average Bonchev–Trinajstić information content (AvgIpc) is 2.85. The lowest BCUT2D eigenvalue weighted by atomic mass is 9.66. The van der Waals surface area contributed by atoms with E-state index in [1.54, 1.807) is 13.2 Å². The minimum Gasteiger partial charge on any atom is -0.493 e. The first-order valence-corrected chi connectivity index (χ1v) is 7.74. The van der Waals surface area contributed by atoms with Crippen LogP contribution in [0.4, 0.5) is 4.39 Å². The Morgan fingerprint density at radius 3 is 2.71 bits per heavy atom. The lowest BCUT2D eigenvalue weighted by molar-refractivity contribution is 0.181. The largest absolute Gasteiger partial charge is 0.493 e. The van der Waals surface area contributed by atoms with Crippen molar-refractivity contribution in [1.29, 1.82) is 0 Å². The van der Waals surface area contributed by atoms with Crippen LogP contribution in [-0.4, -0.2) is 38.8 Å². The molecule has 4 heteroatoms. The molecule has 1 saturated heterocycles. The first-order chi connectivity index (χ1) is 10.1. The molecule has 0 bridgehead atoms. The van der Waals surface area contributed by atoms with Crippen LogP contribution in [0, 0.1) is 5.82 Å². The first-order valence-electron chi connectivity index (χ1n) is 7.74. The van der Waals surface area contributed by atoms with Gasteiger partial charge in [-0.25, -0.2) is 4.39 Å². The van der Waals surface area contributed by atoms with Crippen LogP contribution in [0.25, 0.3) is 0 Å². The molecule has 2 fully saturated rings. The van der Waals surface area contributed by atoms with E-state index in [0.717, 1.165) is 24.9 Å². The van der Waals surface area contributed by atoms with Crippen molar-refractivity contribution >= 4 is 0 Å². The third-order valence-electron chi connectivity index (χ3n) is 5.44. The van der Waals surface area contributed by atoms with Crippen LogP contribution in [0.1, 0.15) is 37.7 Å². The molecule has 116 valence electrons. The van der Waals surface area contributed by atoms with Crippen LogP contribution in [0.15, 0.2) is 12.1 Å². The van der Waals surface area contributed by atoms with E-state index in [4.69, 9.17) is 9.47 Å². The van der Waals surface area contributed by atoms with E-state index in [-0.39, 0.29) is 17.0 Å². The number of ether oxygens (including phenoxy) is 2. The number of likely N-dealkylation sites (N-methyl/N-ethyl adjacent to an activating group) is 1. The molecule has 3 nitrogen and oxygen atoms in total. The summed E-state index contributed by atoms with van der Waals surface area (Å²) in [7, 11) is 5.23. The second-order valence-electron chi connectivity index (χ2n) is 6.34. The molecule has 2 aliphatic rings. The van der Waals surface area contributed by atoms with Crippen LogP contribution < -0.4 is 9.47 Å². The summed E-state index contributed by atoms with van der Waals surface area (Å²) in [5.41, 5.74) is 1.15. The van der Waals surface area contributed by atoms with Crippen molar-refractivity contribution in [2.75, 3.05) is 27.8 Å². The summed E-state index contributed by atoms with van der Waals surface area (Å²) in [5, 5.41) is 0. The third-order valence-corrected chi connectivity index (χ3v) is 5.44. The number of rotatable bonds is 3. The molecule has 0 spiro atoms. The van der Waals surface area contributed by atoms with E-state index < -0.39 is 0 Å². The predicted octanol–water partition coefficient (Wildman–Crippen LogP) is 3.36. The average molecular weight is 293 g/mol. The van der Waals surface area contributed by atoms with E-state index in [1.807, 2.05) is 6.07 Å². The van der Waals surface area contributed by atoms with Crippen LogP contribution in [0.3, 0.4) is 0 Å². The van der Waals surface area contributed by atoms with E-state index in [1.165, 1.54) is 26.4 Å². The number of methoxy groups -OCH3 is 2. The molecule has 1 heterocycles. The molecular weight excluding hydrogens is 269 g/mol. The molecule has 21 heavy (non-hydrogen) atoms. The highest BCUT2D eigenvalue weighted by molar-refractivity contribution is 5.47. The fourth-order valence-electron chi connectivity index (χ4n) is 4.37. The smallest absolute Gasteiger partial charge is 0.196 e. The van der Waals surface area contributed by atoms with Crippen molar-refractivity contribution in [1.82, 2.24) is 4.90 Å². The highest BCUT2D eigenvalue weighted by atomic mass is 19.1. The van der Waals surface area contributed by atoms with Gasteiger partial charge in [0, 0.05) is 11.5 Å². The Hall–Kier alpha value is -1.29. The van der Waals surface area contributed by atoms with Gasteiger partial charge in [-0.15, -0.1) is 0 Å². The number of fused-ring (bicyclic) bond motifs is 1. The normalized spacial score (nSPS) is 29.2. The molecule has 1 saturated carbocycles. The van der Waals surface area contributed by atoms with Gasteiger partial charge in [0.05, 0.1) is 14.2 Å². The number of likely N-dealkylation sites (tertiary alicyclic amines) is 1. The molecule has 1 aliphatic heterocycles. The van der Waals surface area contributed by atoms with Gasteiger partial charge in [0.1, 0.15) is 0 Å². The minimum atomic E-state index is -0.319. The molecular formula is C17H24FNO2. The molecule has 2 atom stereocenters. The maximum Gasteiger partial charge on any atom is 0.196 e. The van der Waals surface area contributed by atoms with Crippen LogP contribution >= 0.6 is 0 Å². The van der Waals surface area contributed by atoms with Gasteiger partial charge in [0.15, 0.2) is 17.3 Å². The summed E-state index contributed by atoms with van der Waals surface area (Å²) in [6.07, 6.45) is 5.93. The zero-order valence-corrected chi connectivity index (χ0v) is 13.1. The number of benzene rings is 1. The van der Waals surface area contributed by atoms with Gasteiger partial charge in [-0.3, -0.25) is 0 Å². The Kier molecular flexibility index (Phi) is 3.82. The van der Waals surface area contributed by atoms with Crippen molar-refractivity contribution in [3.05, 3.63) is 23.5 Å². The summed E-state index contributed by atoms with van der Waals surface area (Å²) in [6, 6.07) is 4.17. The van der Waals surface area contributed by atoms with E-state index >= 15 is 0 Å². The van der Waals surface area contributed by atoms with Crippen LogP contribution in [-0.2, 0) is 5.41 Å². The number of nitrogens with zero attached hydrogens (tertiary/aromatic N) is 1. The first kappa shape index (κ1) is 14.6. The lowest BCUT2D eigenvalue weighted by Crippen LogP contribution is -2.43. The summed E-state index contributed by atoms with van der Waals surface area (Å²) in [4.78, 5) is 2.44. The van der Waals surface area contributed by atoms with Crippen LogP contribution in [0.5, 0.6) is 11.5 Å². The van der Waals surface area contributed by atoms with Gasteiger partial charge >= 0.3 is 0 Å². The van der Waals surface area contributed by atoms with Gasteiger partial charge in [0.25, 0.3) is 0 Å². The minimum absolute atomic E-state index is 0.0768. The van der Waals surface area contributed by atoms with Gasteiger partial charge in [-0.1, -0.05) is 12.8 Å². The van der Waals surface area contributed by atoms with Crippen molar-refractivity contribution < 1.29 is 13.9 Å². The van der Waals surface area contributed by atoms with Crippen LogP contribution in [0.2, 0.25) is 0 Å². The molecule has 0 aromatic heterocycles. The quantitative estimate of drug-likeness (QED) is 0.853. The molecule has 1 aliphatic carbocycles. The fourth-order valence-corrected chi connectivity index (χ4v) is 4.37.